The number of hydrogen-bond donors (Lipinski definition) is 1. The van der Waals surface area contributed by atoms with Crippen LogP contribution in [0.25, 0.3) is 11.1 Å². The summed E-state index contributed by atoms with van der Waals surface area (Å²) in [5.74, 6) is -0.263. The lowest BCUT2D eigenvalue weighted by atomic mass is 10.1. The molecule has 0 bridgehead atoms. The van der Waals surface area contributed by atoms with E-state index in [4.69, 9.17) is 0 Å². The summed E-state index contributed by atoms with van der Waals surface area (Å²) in [6.07, 6.45) is 2.81. The van der Waals surface area contributed by atoms with Crippen molar-refractivity contribution in [2.75, 3.05) is 12.4 Å². The van der Waals surface area contributed by atoms with Gasteiger partial charge in [0.05, 0.1) is 17.4 Å². The number of rotatable bonds is 3. The van der Waals surface area contributed by atoms with E-state index in [1.54, 1.807) is 7.05 Å². The van der Waals surface area contributed by atoms with Gasteiger partial charge in [-0.15, -0.1) is 0 Å². The monoisotopic (exact) mass is 261 g/mol. The largest absolute Gasteiger partial charge is 0.386 e. The van der Waals surface area contributed by atoms with E-state index in [2.05, 4.69) is 15.4 Å². The number of nitrogens with one attached hydrogen (secondary N) is 1. The first kappa shape index (κ1) is 12.7. The zero-order chi connectivity index (χ0) is 14.0. The summed E-state index contributed by atoms with van der Waals surface area (Å²) >= 11 is 0. The summed E-state index contributed by atoms with van der Waals surface area (Å²) in [7, 11) is 3.20. The maximum atomic E-state index is 12.1. The Morgan fingerprint density at radius 3 is 2.63 bits per heavy atom. The Morgan fingerprint density at radius 2 is 2.11 bits per heavy atom. The first-order valence-corrected chi connectivity index (χ1v) is 5.39. The number of nitro groups is 1. The van der Waals surface area contributed by atoms with Gasteiger partial charge in [0.2, 0.25) is 0 Å². The second-order valence-electron chi connectivity index (χ2n) is 3.77. The van der Waals surface area contributed by atoms with E-state index in [-0.39, 0.29) is 11.4 Å². The van der Waals surface area contributed by atoms with Crippen LogP contribution in [0.15, 0.2) is 29.3 Å². The minimum atomic E-state index is -0.590. The molecule has 8 heteroatoms. The quantitative estimate of drug-likeness (QED) is 0.647. The molecule has 0 amide bonds. The second-order valence-corrected chi connectivity index (χ2v) is 3.77. The lowest BCUT2D eigenvalue weighted by molar-refractivity contribution is -0.389. The molecule has 0 saturated heterocycles. The lowest BCUT2D eigenvalue weighted by Gasteiger charge is -2.08. The first-order valence-electron chi connectivity index (χ1n) is 5.39. The van der Waals surface area contributed by atoms with Gasteiger partial charge in [0, 0.05) is 25.7 Å². The summed E-state index contributed by atoms with van der Waals surface area (Å²) in [6.45, 7) is 0. The second kappa shape index (κ2) is 4.84. The summed E-state index contributed by atoms with van der Waals surface area (Å²) in [5, 5.41) is 17.3. The van der Waals surface area contributed by atoms with Crippen LogP contribution < -0.4 is 10.9 Å². The van der Waals surface area contributed by atoms with E-state index < -0.39 is 4.92 Å². The molecule has 1 N–H and O–H groups in total. The van der Waals surface area contributed by atoms with Crippen molar-refractivity contribution in [3.63, 3.8) is 0 Å². The predicted octanol–water partition coefficient (Wildman–Crippen LogP) is 0.792. The summed E-state index contributed by atoms with van der Waals surface area (Å²) in [6, 6.07) is 2.75. The van der Waals surface area contributed by atoms with E-state index in [0.29, 0.717) is 16.8 Å². The van der Waals surface area contributed by atoms with Gasteiger partial charge in [-0.05, 0) is 16.0 Å². The molecule has 2 aromatic heterocycles. The lowest BCUT2D eigenvalue weighted by Crippen LogP contribution is -2.22. The summed E-state index contributed by atoms with van der Waals surface area (Å²) in [5.41, 5.74) is 1.11. The van der Waals surface area contributed by atoms with Gasteiger partial charge in [0.25, 0.3) is 5.56 Å². The van der Waals surface area contributed by atoms with Crippen LogP contribution in [0.2, 0.25) is 0 Å². The summed E-state index contributed by atoms with van der Waals surface area (Å²) < 4.78 is 1.19. The molecule has 0 spiro atoms. The van der Waals surface area contributed by atoms with Gasteiger partial charge in [-0.3, -0.25) is 4.79 Å². The van der Waals surface area contributed by atoms with E-state index in [1.165, 1.54) is 36.3 Å². The fraction of sp³-hybridized carbons (Fsp3) is 0.182. The van der Waals surface area contributed by atoms with Crippen molar-refractivity contribution in [2.45, 2.75) is 0 Å². The molecule has 8 nitrogen and oxygen atoms in total. The van der Waals surface area contributed by atoms with E-state index in [1.807, 2.05) is 0 Å². The average molecular weight is 261 g/mol. The number of aryl methyl sites for hydroxylation is 1. The molecule has 0 atom stereocenters. The molecule has 98 valence electrons. The molecule has 0 aliphatic heterocycles. The summed E-state index contributed by atoms with van der Waals surface area (Å²) in [4.78, 5) is 25.7. The fourth-order valence-electron chi connectivity index (χ4n) is 1.65. The smallest absolute Gasteiger partial charge is 0.363 e. The number of pyridine rings is 1. The van der Waals surface area contributed by atoms with E-state index in [9.17, 15) is 14.9 Å². The predicted molar refractivity (Wildman–Crippen MR) is 68.9 cm³/mol. The van der Waals surface area contributed by atoms with Gasteiger partial charge in [0.1, 0.15) is 6.20 Å². The van der Waals surface area contributed by atoms with Gasteiger partial charge < -0.3 is 15.4 Å². The Balaban J connectivity index is 2.61. The maximum absolute atomic E-state index is 12.1. The van der Waals surface area contributed by atoms with Crippen molar-refractivity contribution in [1.82, 2.24) is 14.8 Å². The molecule has 0 unspecified atom stereocenters. The Labute approximate surface area is 107 Å². The van der Waals surface area contributed by atoms with Gasteiger partial charge >= 0.3 is 5.82 Å². The van der Waals surface area contributed by atoms with Crippen LogP contribution in [0.4, 0.5) is 11.5 Å². The van der Waals surface area contributed by atoms with Crippen LogP contribution in [-0.2, 0) is 7.05 Å². The van der Waals surface area contributed by atoms with E-state index in [0.717, 1.165) is 0 Å². The highest BCUT2D eigenvalue weighted by Gasteiger charge is 2.15. The van der Waals surface area contributed by atoms with Crippen molar-refractivity contribution in [3.8, 4) is 11.1 Å². The van der Waals surface area contributed by atoms with Gasteiger partial charge in [-0.1, -0.05) is 0 Å². The van der Waals surface area contributed by atoms with E-state index >= 15 is 0 Å². The molecule has 19 heavy (non-hydrogen) atoms. The molecule has 0 saturated carbocycles. The standard InChI is InChI=1S/C11H11N5O3/c1-12-8-6-14-15(2)11(17)10(8)7-3-4-9(13-5-7)16(18)19/h3-6,12H,1-2H3. The molecule has 0 aromatic carbocycles. The number of aromatic nitrogens is 3. The molecule has 0 radical (unpaired) electrons. The van der Waals surface area contributed by atoms with Gasteiger partial charge in [-0.2, -0.15) is 5.10 Å². The maximum Gasteiger partial charge on any atom is 0.363 e. The third-order valence-electron chi connectivity index (χ3n) is 2.63. The van der Waals surface area contributed by atoms with Crippen LogP contribution in [0.5, 0.6) is 0 Å². The SMILES string of the molecule is CNc1cnn(C)c(=O)c1-c1ccc([N+](=O)[O-])nc1. The topological polar surface area (TPSA) is 103 Å². The highest BCUT2D eigenvalue weighted by atomic mass is 16.6. The fourth-order valence-corrected chi connectivity index (χ4v) is 1.65. The zero-order valence-corrected chi connectivity index (χ0v) is 10.3. The minimum absolute atomic E-state index is 0.263. The molecular weight excluding hydrogens is 250 g/mol. The molecule has 0 aliphatic carbocycles. The highest BCUT2D eigenvalue weighted by molar-refractivity contribution is 5.75. The number of anilines is 1. The third-order valence-corrected chi connectivity index (χ3v) is 2.63. The van der Waals surface area contributed by atoms with Crippen LogP contribution in [0.1, 0.15) is 0 Å². The Kier molecular flexibility index (Phi) is 3.23. The molecular formula is C11H11N5O3. The highest BCUT2D eigenvalue weighted by Crippen LogP contribution is 2.23. The van der Waals surface area contributed by atoms with Crippen molar-refractivity contribution in [1.29, 1.82) is 0 Å². The van der Waals surface area contributed by atoms with Crippen molar-refractivity contribution in [2.24, 2.45) is 7.05 Å². The number of hydrogen-bond acceptors (Lipinski definition) is 6. The van der Waals surface area contributed by atoms with Crippen LogP contribution in [-0.4, -0.2) is 26.7 Å². The molecule has 0 fully saturated rings. The Hall–Kier alpha value is -2.77. The molecule has 2 rings (SSSR count). The third kappa shape index (κ3) is 2.28. The minimum Gasteiger partial charge on any atom is -0.386 e. The van der Waals surface area contributed by atoms with Crippen LogP contribution in [0, 0.1) is 10.1 Å². The van der Waals surface area contributed by atoms with Crippen molar-refractivity contribution < 1.29 is 4.92 Å². The Bertz CT molecular complexity index is 678. The Morgan fingerprint density at radius 1 is 1.37 bits per heavy atom. The van der Waals surface area contributed by atoms with Crippen LogP contribution in [0.3, 0.4) is 0 Å². The van der Waals surface area contributed by atoms with Crippen molar-refractivity contribution in [3.05, 3.63) is 45.0 Å². The molecule has 0 aliphatic rings. The first-order chi connectivity index (χ1) is 9.04. The van der Waals surface area contributed by atoms with Crippen LogP contribution >= 0.6 is 0 Å². The van der Waals surface area contributed by atoms with Crippen molar-refractivity contribution >= 4 is 11.5 Å². The molecule has 2 aromatic rings. The van der Waals surface area contributed by atoms with Gasteiger partial charge in [-0.25, -0.2) is 4.68 Å². The normalized spacial score (nSPS) is 10.2. The zero-order valence-electron chi connectivity index (χ0n) is 10.3. The average Bonchev–Trinajstić information content (AvgIpc) is 2.42. The van der Waals surface area contributed by atoms with Gasteiger partial charge in [0.15, 0.2) is 0 Å². The number of nitrogens with zero attached hydrogens (tertiary/aromatic N) is 4. The molecule has 2 heterocycles.